The van der Waals surface area contributed by atoms with Crippen LogP contribution in [0, 0.1) is 6.92 Å². The molecule has 90 valence electrons. The van der Waals surface area contributed by atoms with E-state index in [1.165, 1.54) is 5.56 Å². The van der Waals surface area contributed by atoms with Crippen molar-refractivity contribution in [1.82, 2.24) is 20.2 Å². The van der Waals surface area contributed by atoms with Gasteiger partial charge < -0.3 is 4.74 Å². The quantitative estimate of drug-likeness (QED) is 0.813. The smallest absolute Gasteiger partial charge is 0.153 e. The highest BCUT2D eigenvalue weighted by atomic mass is 16.5. The minimum absolute atomic E-state index is 0.455. The van der Waals surface area contributed by atoms with E-state index < -0.39 is 0 Å². The first kappa shape index (κ1) is 11.6. The number of hydrogen-bond donors (Lipinski definition) is 0. The fraction of sp³-hybridized carbons (Fsp3) is 0.417. The topological polar surface area (TPSA) is 52.8 Å². The molecule has 0 aliphatic heterocycles. The van der Waals surface area contributed by atoms with Crippen LogP contribution < -0.4 is 4.74 Å². The molecule has 5 heteroatoms. The van der Waals surface area contributed by atoms with Gasteiger partial charge in [0.05, 0.1) is 7.11 Å². The Morgan fingerprint density at radius 1 is 1.29 bits per heavy atom. The molecule has 0 N–H and O–H groups in total. The number of rotatable bonds is 3. The first-order valence-electron chi connectivity index (χ1n) is 5.56. The lowest BCUT2D eigenvalue weighted by molar-refractivity contribution is 0.411. The SMILES string of the molecule is COc1ccc(C(C)C)cc1-n1nnnc1C. The van der Waals surface area contributed by atoms with Gasteiger partial charge in [-0.1, -0.05) is 19.9 Å². The Hall–Kier alpha value is -1.91. The highest BCUT2D eigenvalue weighted by molar-refractivity contribution is 5.49. The van der Waals surface area contributed by atoms with Gasteiger partial charge in [-0.15, -0.1) is 5.10 Å². The van der Waals surface area contributed by atoms with Gasteiger partial charge in [0.15, 0.2) is 5.82 Å². The van der Waals surface area contributed by atoms with Crippen LogP contribution in [0.3, 0.4) is 0 Å². The summed E-state index contributed by atoms with van der Waals surface area (Å²) in [6, 6.07) is 6.07. The Morgan fingerprint density at radius 2 is 2.06 bits per heavy atom. The molecular weight excluding hydrogens is 216 g/mol. The molecule has 0 saturated heterocycles. The summed E-state index contributed by atoms with van der Waals surface area (Å²) in [4.78, 5) is 0. The molecule has 0 spiro atoms. The Kier molecular flexibility index (Phi) is 3.08. The molecule has 2 rings (SSSR count). The van der Waals surface area contributed by atoms with E-state index in [1.54, 1.807) is 11.8 Å². The van der Waals surface area contributed by atoms with Crippen molar-refractivity contribution in [3.63, 3.8) is 0 Å². The fourth-order valence-corrected chi connectivity index (χ4v) is 1.69. The summed E-state index contributed by atoms with van der Waals surface area (Å²) in [5.41, 5.74) is 2.11. The normalized spacial score (nSPS) is 10.9. The summed E-state index contributed by atoms with van der Waals surface area (Å²) in [7, 11) is 1.65. The maximum Gasteiger partial charge on any atom is 0.153 e. The number of methoxy groups -OCH3 is 1. The minimum atomic E-state index is 0.455. The van der Waals surface area contributed by atoms with Gasteiger partial charge in [-0.05, 0) is 41.0 Å². The number of ether oxygens (including phenoxy) is 1. The van der Waals surface area contributed by atoms with Crippen molar-refractivity contribution >= 4 is 0 Å². The van der Waals surface area contributed by atoms with Crippen molar-refractivity contribution in [3.05, 3.63) is 29.6 Å². The van der Waals surface area contributed by atoms with E-state index in [1.807, 2.05) is 13.0 Å². The number of hydrogen-bond acceptors (Lipinski definition) is 4. The summed E-state index contributed by atoms with van der Waals surface area (Å²) >= 11 is 0. The second-order valence-electron chi connectivity index (χ2n) is 4.22. The molecule has 0 unspecified atom stereocenters. The zero-order valence-corrected chi connectivity index (χ0v) is 10.5. The lowest BCUT2D eigenvalue weighted by Crippen LogP contribution is -2.03. The predicted octanol–water partition coefficient (Wildman–Crippen LogP) is 2.10. The third kappa shape index (κ3) is 2.13. The van der Waals surface area contributed by atoms with Crippen molar-refractivity contribution in [2.24, 2.45) is 0 Å². The van der Waals surface area contributed by atoms with E-state index in [9.17, 15) is 0 Å². The average Bonchev–Trinajstić information content (AvgIpc) is 2.74. The van der Waals surface area contributed by atoms with Crippen LogP contribution in [0.1, 0.15) is 31.2 Å². The number of nitrogens with zero attached hydrogens (tertiary/aromatic N) is 4. The van der Waals surface area contributed by atoms with Gasteiger partial charge in [0.1, 0.15) is 11.4 Å². The molecule has 0 aliphatic rings. The second-order valence-corrected chi connectivity index (χ2v) is 4.22. The van der Waals surface area contributed by atoms with Crippen LogP contribution in [0.25, 0.3) is 5.69 Å². The van der Waals surface area contributed by atoms with Gasteiger partial charge >= 0.3 is 0 Å². The van der Waals surface area contributed by atoms with Crippen molar-refractivity contribution in [2.45, 2.75) is 26.7 Å². The van der Waals surface area contributed by atoms with E-state index >= 15 is 0 Å². The highest BCUT2D eigenvalue weighted by Crippen LogP contribution is 2.27. The standard InChI is InChI=1S/C12H16N4O/c1-8(2)10-5-6-12(17-4)11(7-10)16-9(3)13-14-15-16/h5-8H,1-4H3. The van der Waals surface area contributed by atoms with Crippen LogP contribution in [0.15, 0.2) is 18.2 Å². The maximum atomic E-state index is 5.34. The Morgan fingerprint density at radius 3 is 2.59 bits per heavy atom. The molecule has 1 aromatic heterocycles. The monoisotopic (exact) mass is 232 g/mol. The number of aromatic nitrogens is 4. The predicted molar refractivity (Wildman–Crippen MR) is 64.5 cm³/mol. The van der Waals surface area contributed by atoms with Gasteiger partial charge in [-0.3, -0.25) is 0 Å². The number of benzene rings is 1. The van der Waals surface area contributed by atoms with Crippen LogP contribution in [-0.4, -0.2) is 27.3 Å². The van der Waals surface area contributed by atoms with Crippen LogP contribution in [-0.2, 0) is 0 Å². The van der Waals surface area contributed by atoms with Gasteiger partial charge in [-0.25, -0.2) is 0 Å². The molecule has 0 bridgehead atoms. The van der Waals surface area contributed by atoms with E-state index in [4.69, 9.17) is 4.74 Å². The van der Waals surface area contributed by atoms with E-state index in [0.717, 1.165) is 17.3 Å². The molecular formula is C12H16N4O. The average molecular weight is 232 g/mol. The summed E-state index contributed by atoms with van der Waals surface area (Å²) in [5.74, 6) is 1.96. The van der Waals surface area contributed by atoms with Gasteiger partial charge in [0.2, 0.25) is 0 Å². The van der Waals surface area contributed by atoms with E-state index in [2.05, 4.69) is 41.5 Å². The fourth-order valence-electron chi connectivity index (χ4n) is 1.69. The molecule has 0 aliphatic carbocycles. The summed E-state index contributed by atoms with van der Waals surface area (Å²) in [5, 5.41) is 11.5. The van der Waals surface area contributed by atoms with Crippen molar-refractivity contribution < 1.29 is 4.74 Å². The molecule has 1 aromatic carbocycles. The lowest BCUT2D eigenvalue weighted by Gasteiger charge is -2.12. The zero-order valence-electron chi connectivity index (χ0n) is 10.5. The highest BCUT2D eigenvalue weighted by Gasteiger charge is 2.12. The van der Waals surface area contributed by atoms with Crippen molar-refractivity contribution in [3.8, 4) is 11.4 Å². The van der Waals surface area contributed by atoms with E-state index in [-0.39, 0.29) is 0 Å². The summed E-state index contributed by atoms with van der Waals surface area (Å²) in [6.45, 7) is 6.16. The molecule has 0 fully saturated rings. The molecule has 0 saturated carbocycles. The van der Waals surface area contributed by atoms with Crippen LogP contribution in [0.4, 0.5) is 0 Å². The zero-order chi connectivity index (χ0) is 12.4. The maximum absolute atomic E-state index is 5.34. The molecule has 5 nitrogen and oxygen atoms in total. The van der Waals surface area contributed by atoms with Crippen molar-refractivity contribution in [2.75, 3.05) is 7.11 Å². The Labute approximate surface area is 100 Å². The molecule has 0 radical (unpaired) electrons. The first-order chi connectivity index (χ1) is 8.13. The second kappa shape index (κ2) is 4.53. The largest absolute Gasteiger partial charge is 0.494 e. The molecule has 2 aromatic rings. The minimum Gasteiger partial charge on any atom is -0.494 e. The van der Waals surface area contributed by atoms with Gasteiger partial charge in [0.25, 0.3) is 0 Å². The molecule has 17 heavy (non-hydrogen) atoms. The van der Waals surface area contributed by atoms with Crippen LogP contribution in [0.2, 0.25) is 0 Å². The Balaban J connectivity index is 2.57. The van der Waals surface area contributed by atoms with Crippen LogP contribution >= 0.6 is 0 Å². The van der Waals surface area contributed by atoms with Crippen LogP contribution in [0.5, 0.6) is 5.75 Å². The summed E-state index contributed by atoms with van der Waals surface area (Å²) in [6.07, 6.45) is 0. The van der Waals surface area contributed by atoms with Gasteiger partial charge in [0, 0.05) is 0 Å². The lowest BCUT2D eigenvalue weighted by atomic mass is 10.0. The molecule has 0 atom stereocenters. The van der Waals surface area contributed by atoms with Crippen molar-refractivity contribution in [1.29, 1.82) is 0 Å². The Bertz CT molecular complexity index is 519. The third-order valence-corrected chi connectivity index (χ3v) is 2.72. The third-order valence-electron chi connectivity index (χ3n) is 2.72. The first-order valence-corrected chi connectivity index (χ1v) is 5.56. The summed E-state index contributed by atoms with van der Waals surface area (Å²) < 4.78 is 7.03. The number of tetrazole rings is 1. The molecule has 0 amide bonds. The number of aryl methyl sites for hydroxylation is 1. The van der Waals surface area contributed by atoms with Gasteiger partial charge in [-0.2, -0.15) is 4.68 Å². The molecule has 1 heterocycles. The van der Waals surface area contributed by atoms with E-state index in [0.29, 0.717) is 5.92 Å².